The van der Waals surface area contributed by atoms with Crippen LogP contribution in [0.5, 0.6) is 0 Å². The van der Waals surface area contributed by atoms with Crippen LogP contribution in [0.15, 0.2) is 22.7 Å². The minimum Gasteiger partial charge on any atom is -0.349 e. The lowest BCUT2D eigenvalue weighted by atomic mass is 10.1. The third-order valence-corrected chi connectivity index (χ3v) is 4.41. The van der Waals surface area contributed by atoms with Crippen LogP contribution in [0.2, 0.25) is 0 Å². The average Bonchev–Trinajstić information content (AvgIpc) is 2.82. The molecule has 0 aromatic heterocycles. The Morgan fingerprint density at radius 3 is 2.55 bits per heavy atom. The van der Waals surface area contributed by atoms with Crippen molar-refractivity contribution in [3.63, 3.8) is 0 Å². The summed E-state index contributed by atoms with van der Waals surface area (Å²) in [6, 6.07) is 3.59. The predicted octanol–water partition coefficient (Wildman–Crippen LogP) is 2.42. The fourth-order valence-corrected chi connectivity index (χ4v) is 3.17. The molecule has 7 heteroatoms. The standard InChI is InChI=1S/C13H12BrF3N2O/c14-6-1-2-7(10(3-6)13(15,16)17)12(20)19-11-8-4-18-5-9(8)11/h1-3,8-9,11,18H,4-5H2,(H,19,20)/t8-,9+,11?. The number of halogens is 4. The summed E-state index contributed by atoms with van der Waals surface area (Å²) in [5, 5.41) is 5.88. The van der Waals surface area contributed by atoms with E-state index in [4.69, 9.17) is 0 Å². The summed E-state index contributed by atoms with van der Waals surface area (Å²) in [6.45, 7) is 1.64. The van der Waals surface area contributed by atoms with Gasteiger partial charge in [0.05, 0.1) is 11.1 Å². The normalized spacial score (nSPS) is 28.1. The molecule has 0 bridgehead atoms. The van der Waals surface area contributed by atoms with Gasteiger partial charge in [0.15, 0.2) is 0 Å². The highest BCUT2D eigenvalue weighted by atomic mass is 79.9. The fourth-order valence-electron chi connectivity index (χ4n) is 2.81. The van der Waals surface area contributed by atoms with Crippen LogP contribution in [0, 0.1) is 11.8 Å². The van der Waals surface area contributed by atoms with E-state index >= 15 is 0 Å². The van der Waals surface area contributed by atoms with Crippen molar-refractivity contribution in [2.45, 2.75) is 12.2 Å². The van der Waals surface area contributed by atoms with E-state index in [9.17, 15) is 18.0 Å². The van der Waals surface area contributed by atoms with Crippen LogP contribution >= 0.6 is 15.9 Å². The highest BCUT2D eigenvalue weighted by Crippen LogP contribution is 2.42. The minimum absolute atomic E-state index is 0.00785. The van der Waals surface area contributed by atoms with Gasteiger partial charge in [0.2, 0.25) is 0 Å². The zero-order valence-electron chi connectivity index (χ0n) is 10.3. The maximum atomic E-state index is 13.0. The van der Waals surface area contributed by atoms with Gasteiger partial charge in [0.1, 0.15) is 0 Å². The van der Waals surface area contributed by atoms with Gasteiger partial charge >= 0.3 is 6.18 Å². The van der Waals surface area contributed by atoms with Crippen LogP contribution in [0.3, 0.4) is 0 Å². The first-order valence-electron chi connectivity index (χ1n) is 6.26. The Labute approximate surface area is 122 Å². The molecule has 1 heterocycles. The van der Waals surface area contributed by atoms with E-state index in [0.717, 1.165) is 19.2 Å². The van der Waals surface area contributed by atoms with Gasteiger partial charge in [-0.25, -0.2) is 0 Å². The number of nitrogens with one attached hydrogen (secondary N) is 2. The molecule has 0 spiro atoms. The van der Waals surface area contributed by atoms with E-state index in [0.29, 0.717) is 16.3 Å². The highest BCUT2D eigenvalue weighted by molar-refractivity contribution is 9.10. The smallest absolute Gasteiger partial charge is 0.349 e. The predicted molar refractivity (Wildman–Crippen MR) is 70.2 cm³/mol. The molecule has 20 heavy (non-hydrogen) atoms. The Hall–Kier alpha value is -1.08. The first-order valence-corrected chi connectivity index (χ1v) is 7.05. The molecule has 1 saturated heterocycles. The van der Waals surface area contributed by atoms with Gasteiger partial charge in [-0.15, -0.1) is 0 Å². The molecule has 2 N–H and O–H groups in total. The number of hydrogen-bond acceptors (Lipinski definition) is 2. The number of carbonyl (C=O) groups is 1. The van der Waals surface area contributed by atoms with E-state index < -0.39 is 17.6 Å². The number of hydrogen-bond donors (Lipinski definition) is 2. The molecule has 1 aromatic rings. The van der Waals surface area contributed by atoms with Gasteiger partial charge < -0.3 is 10.6 Å². The largest absolute Gasteiger partial charge is 0.417 e. The number of benzene rings is 1. The molecule has 3 rings (SSSR count). The Bertz CT molecular complexity index is 551. The van der Waals surface area contributed by atoms with E-state index in [1.165, 1.54) is 12.1 Å². The van der Waals surface area contributed by atoms with Crippen LogP contribution in [0.4, 0.5) is 13.2 Å². The van der Waals surface area contributed by atoms with Crippen molar-refractivity contribution in [1.29, 1.82) is 0 Å². The lowest BCUT2D eigenvalue weighted by Crippen LogP contribution is -2.33. The summed E-state index contributed by atoms with van der Waals surface area (Å²) >= 11 is 3.00. The van der Waals surface area contributed by atoms with Crippen molar-refractivity contribution in [3.05, 3.63) is 33.8 Å². The maximum Gasteiger partial charge on any atom is 0.417 e. The molecule has 1 saturated carbocycles. The molecule has 108 valence electrons. The summed E-state index contributed by atoms with van der Waals surface area (Å²) < 4.78 is 39.2. The first kappa shape index (κ1) is 13.9. The van der Waals surface area contributed by atoms with Crippen LogP contribution in [0.1, 0.15) is 15.9 Å². The number of amides is 1. The van der Waals surface area contributed by atoms with Crippen LogP contribution in [0.25, 0.3) is 0 Å². The van der Waals surface area contributed by atoms with Gasteiger partial charge in [-0.2, -0.15) is 13.2 Å². The Morgan fingerprint density at radius 1 is 1.30 bits per heavy atom. The summed E-state index contributed by atoms with van der Waals surface area (Å²) in [5.74, 6) is 0.0803. The molecule has 0 radical (unpaired) electrons. The van der Waals surface area contributed by atoms with E-state index in [1.807, 2.05) is 0 Å². The molecule has 1 aliphatic carbocycles. The number of fused-ring (bicyclic) bond motifs is 1. The molecule has 2 fully saturated rings. The van der Waals surface area contributed by atoms with Gasteiger partial charge in [0, 0.05) is 23.6 Å². The minimum atomic E-state index is -4.54. The van der Waals surface area contributed by atoms with E-state index in [2.05, 4.69) is 26.6 Å². The number of rotatable bonds is 2. The zero-order valence-corrected chi connectivity index (χ0v) is 11.9. The molecule has 1 unspecified atom stereocenters. The van der Waals surface area contributed by atoms with Gasteiger partial charge in [-0.05, 0) is 30.0 Å². The average molecular weight is 349 g/mol. The molecule has 1 aromatic carbocycles. The van der Waals surface area contributed by atoms with Crippen molar-refractivity contribution in [3.8, 4) is 0 Å². The Morgan fingerprint density at radius 2 is 1.95 bits per heavy atom. The Kier molecular flexibility index (Phi) is 3.29. The lowest BCUT2D eigenvalue weighted by molar-refractivity contribution is -0.138. The maximum absolute atomic E-state index is 13.0. The fraction of sp³-hybridized carbons (Fsp3) is 0.462. The molecule has 3 nitrogen and oxygen atoms in total. The van der Waals surface area contributed by atoms with Gasteiger partial charge in [0.25, 0.3) is 5.91 Å². The van der Waals surface area contributed by atoms with Crippen molar-refractivity contribution in [2.24, 2.45) is 11.8 Å². The van der Waals surface area contributed by atoms with Crippen molar-refractivity contribution in [1.82, 2.24) is 10.6 Å². The second kappa shape index (κ2) is 4.73. The summed E-state index contributed by atoms with van der Waals surface area (Å²) in [5.41, 5.74) is -1.23. The van der Waals surface area contributed by atoms with E-state index in [-0.39, 0.29) is 11.6 Å². The van der Waals surface area contributed by atoms with Gasteiger partial charge in [-0.1, -0.05) is 15.9 Å². The molecular formula is C13H12BrF3N2O. The van der Waals surface area contributed by atoms with Gasteiger partial charge in [-0.3, -0.25) is 4.79 Å². The summed E-state index contributed by atoms with van der Waals surface area (Å²) in [7, 11) is 0. The zero-order chi connectivity index (χ0) is 14.5. The molecule has 1 aliphatic heterocycles. The highest BCUT2D eigenvalue weighted by Gasteiger charge is 2.53. The molecular weight excluding hydrogens is 337 g/mol. The van der Waals surface area contributed by atoms with Crippen molar-refractivity contribution in [2.75, 3.05) is 13.1 Å². The first-order chi connectivity index (χ1) is 9.38. The molecule has 1 amide bonds. The second-order valence-corrected chi connectivity index (χ2v) is 6.09. The van der Waals surface area contributed by atoms with Crippen LogP contribution in [-0.4, -0.2) is 25.0 Å². The third-order valence-electron chi connectivity index (χ3n) is 3.92. The third kappa shape index (κ3) is 2.44. The SMILES string of the molecule is O=C(NC1[C@H]2CNC[C@@H]12)c1ccc(Br)cc1C(F)(F)F. The van der Waals surface area contributed by atoms with Crippen LogP contribution < -0.4 is 10.6 Å². The summed E-state index contributed by atoms with van der Waals surface area (Å²) in [4.78, 5) is 12.1. The second-order valence-electron chi connectivity index (χ2n) is 5.17. The summed E-state index contributed by atoms with van der Waals surface area (Å²) in [6.07, 6.45) is -4.54. The Balaban J connectivity index is 1.81. The number of alkyl halides is 3. The molecule has 3 atom stereocenters. The molecule has 2 aliphatic rings. The van der Waals surface area contributed by atoms with Crippen molar-refractivity contribution < 1.29 is 18.0 Å². The van der Waals surface area contributed by atoms with Crippen LogP contribution in [-0.2, 0) is 6.18 Å². The number of piperidine rings is 1. The van der Waals surface area contributed by atoms with Crippen molar-refractivity contribution >= 4 is 21.8 Å². The lowest BCUT2D eigenvalue weighted by Gasteiger charge is -2.14. The van der Waals surface area contributed by atoms with E-state index in [1.54, 1.807) is 0 Å². The quantitative estimate of drug-likeness (QED) is 0.861. The monoisotopic (exact) mass is 348 g/mol. The number of carbonyl (C=O) groups excluding carboxylic acids is 1. The topological polar surface area (TPSA) is 41.1 Å².